The van der Waals surface area contributed by atoms with Gasteiger partial charge in [-0.3, -0.25) is 4.79 Å². The molecule has 3 aliphatic carbocycles. The van der Waals surface area contributed by atoms with Crippen molar-refractivity contribution in [3.8, 4) is 0 Å². The number of halogens is 3. The molecule has 3 saturated carbocycles. The molecule has 0 spiro atoms. The number of carbonyl (C=O) groups excluding carboxylic acids is 1. The van der Waals surface area contributed by atoms with Crippen LogP contribution in [0, 0.1) is 17.3 Å². The Hall–Kier alpha value is -1.34. The lowest BCUT2D eigenvalue weighted by Crippen LogP contribution is -2.43. The highest BCUT2D eigenvalue weighted by Gasteiger charge is 2.46. The summed E-state index contributed by atoms with van der Waals surface area (Å²) in [4.78, 5) is 16.2. The fourth-order valence-electron chi connectivity index (χ4n) is 5.22. The van der Waals surface area contributed by atoms with Crippen molar-refractivity contribution in [2.24, 2.45) is 17.3 Å². The van der Waals surface area contributed by atoms with Crippen LogP contribution in [0.25, 0.3) is 0 Å². The maximum Gasteiger partial charge on any atom is 0.433 e. The predicted octanol–water partition coefficient (Wildman–Crippen LogP) is 4.44. The second kappa shape index (κ2) is 10.1. The van der Waals surface area contributed by atoms with Gasteiger partial charge in [0, 0.05) is 0 Å². The number of carbonyl (C=O) groups is 1. The van der Waals surface area contributed by atoms with Crippen LogP contribution >= 0.6 is 11.8 Å². The Kier molecular flexibility index (Phi) is 7.76. The van der Waals surface area contributed by atoms with E-state index in [0.717, 1.165) is 43.5 Å². The topological polar surface area (TPSA) is 110 Å². The van der Waals surface area contributed by atoms with Crippen molar-refractivity contribution < 1.29 is 34.8 Å². The minimum Gasteiger partial charge on any atom is -0.268 e. The Balaban J connectivity index is 1.46. The van der Waals surface area contributed by atoms with Gasteiger partial charge in [0.1, 0.15) is 10.7 Å². The molecule has 0 unspecified atom stereocenters. The van der Waals surface area contributed by atoms with Gasteiger partial charge < -0.3 is 0 Å². The first-order valence-electron chi connectivity index (χ1n) is 12.1. The van der Waals surface area contributed by atoms with Crippen LogP contribution in [-0.2, 0) is 26.0 Å². The molecule has 7 nitrogen and oxygen atoms in total. The van der Waals surface area contributed by atoms with E-state index in [9.17, 15) is 34.8 Å². The maximum absolute atomic E-state index is 13.1. The molecule has 0 aromatic carbocycles. The zero-order valence-corrected chi connectivity index (χ0v) is 22.5. The van der Waals surface area contributed by atoms with Crippen molar-refractivity contribution in [1.29, 1.82) is 0 Å². The number of sulfonamides is 1. The number of hydrogen-bond donors (Lipinski definition) is 1. The molecule has 202 valence electrons. The van der Waals surface area contributed by atoms with E-state index < -0.39 is 48.3 Å². The fourth-order valence-corrected chi connectivity index (χ4v) is 9.68. The number of pyridine rings is 1. The van der Waals surface area contributed by atoms with Crippen molar-refractivity contribution in [1.82, 2.24) is 9.71 Å². The summed E-state index contributed by atoms with van der Waals surface area (Å²) in [6.07, 6.45) is 3.04. The van der Waals surface area contributed by atoms with Crippen LogP contribution in [0.15, 0.2) is 17.2 Å². The fraction of sp³-hybridized carbons (Fsp3) is 0.739. The van der Waals surface area contributed by atoms with E-state index in [4.69, 9.17) is 0 Å². The molecule has 3 aliphatic rings. The molecule has 0 atom stereocenters. The SMILES string of the molecule is CSc1nc(C(F)(F)F)ccc1C(=O)NS(=O)(=O)CC1(CC2CC2)CCC(S(=O)(=O)CC2CC2)CC1. The molecular weight excluding hydrogens is 537 g/mol. The second-order valence-electron chi connectivity index (χ2n) is 10.6. The van der Waals surface area contributed by atoms with Gasteiger partial charge in [0.25, 0.3) is 5.91 Å². The average molecular weight is 569 g/mol. The maximum atomic E-state index is 13.1. The Morgan fingerprint density at radius 3 is 2.19 bits per heavy atom. The van der Waals surface area contributed by atoms with E-state index in [-0.39, 0.29) is 28.0 Å². The first-order chi connectivity index (χ1) is 16.7. The molecule has 0 radical (unpaired) electrons. The lowest BCUT2D eigenvalue weighted by Gasteiger charge is -2.40. The van der Waals surface area contributed by atoms with Crippen molar-refractivity contribution in [2.75, 3.05) is 17.8 Å². The lowest BCUT2D eigenvalue weighted by atomic mass is 9.72. The largest absolute Gasteiger partial charge is 0.433 e. The first kappa shape index (κ1) is 27.7. The normalized spacial score (nSPS) is 25.5. The van der Waals surface area contributed by atoms with E-state index >= 15 is 0 Å². The molecule has 36 heavy (non-hydrogen) atoms. The van der Waals surface area contributed by atoms with E-state index in [1.54, 1.807) is 0 Å². The Bertz CT molecular complexity index is 1200. The Morgan fingerprint density at radius 2 is 1.67 bits per heavy atom. The van der Waals surface area contributed by atoms with Gasteiger partial charge in [0.15, 0.2) is 9.84 Å². The van der Waals surface area contributed by atoms with Crippen molar-refractivity contribution in [2.45, 2.75) is 74.2 Å². The van der Waals surface area contributed by atoms with Crippen molar-refractivity contribution >= 4 is 37.5 Å². The van der Waals surface area contributed by atoms with Gasteiger partial charge in [-0.15, -0.1) is 11.8 Å². The molecule has 1 aromatic rings. The van der Waals surface area contributed by atoms with Gasteiger partial charge in [0.05, 0.1) is 22.3 Å². The van der Waals surface area contributed by atoms with Gasteiger partial charge in [-0.2, -0.15) is 13.2 Å². The standard InChI is InChI=1S/C23H31F3N2O5S3/c1-34-21-18(6-7-19(27-21)23(24,25)26)20(29)28-36(32,33)14-22(12-15-2-3-15)10-8-17(9-11-22)35(30,31)13-16-4-5-16/h6-7,15-17H,2-5,8-14H2,1H3,(H,28,29). The average Bonchev–Trinajstić information content (AvgIpc) is 3.70. The molecule has 4 rings (SSSR count). The highest BCUT2D eigenvalue weighted by molar-refractivity contribution is 7.98. The quantitative estimate of drug-likeness (QED) is 0.416. The highest BCUT2D eigenvalue weighted by atomic mass is 32.2. The van der Waals surface area contributed by atoms with Gasteiger partial charge in [-0.25, -0.2) is 26.5 Å². The monoisotopic (exact) mass is 568 g/mol. The van der Waals surface area contributed by atoms with Crippen molar-refractivity contribution in [3.05, 3.63) is 23.4 Å². The molecule has 1 aromatic heterocycles. The van der Waals surface area contributed by atoms with Crippen LogP contribution in [-0.4, -0.2) is 50.7 Å². The molecule has 1 amide bonds. The highest BCUT2D eigenvalue weighted by Crippen LogP contribution is 2.49. The number of amides is 1. The molecule has 1 N–H and O–H groups in total. The van der Waals surface area contributed by atoms with Crippen LogP contribution in [0.1, 0.15) is 73.8 Å². The van der Waals surface area contributed by atoms with Crippen LogP contribution in [0.4, 0.5) is 13.2 Å². The van der Waals surface area contributed by atoms with Gasteiger partial charge >= 0.3 is 6.18 Å². The summed E-state index contributed by atoms with van der Waals surface area (Å²) >= 11 is 0.819. The first-order valence-corrected chi connectivity index (χ1v) is 16.7. The van der Waals surface area contributed by atoms with Crippen LogP contribution in [0.3, 0.4) is 0 Å². The number of hydrogen-bond acceptors (Lipinski definition) is 7. The lowest BCUT2D eigenvalue weighted by molar-refractivity contribution is -0.141. The minimum atomic E-state index is -4.69. The summed E-state index contributed by atoms with van der Waals surface area (Å²) in [5.74, 6) is -0.476. The minimum absolute atomic E-state index is 0.209. The van der Waals surface area contributed by atoms with Crippen molar-refractivity contribution in [3.63, 3.8) is 0 Å². The van der Waals surface area contributed by atoms with Crippen LogP contribution < -0.4 is 4.72 Å². The summed E-state index contributed by atoms with van der Waals surface area (Å²) in [7, 11) is -7.35. The number of thioether (sulfide) groups is 1. The molecule has 1 heterocycles. The number of alkyl halides is 3. The molecule has 13 heteroatoms. The number of rotatable bonds is 10. The van der Waals surface area contributed by atoms with E-state index in [2.05, 4.69) is 4.98 Å². The van der Waals surface area contributed by atoms with E-state index in [1.807, 2.05) is 4.72 Å². The summed E-state index contributed by atoms with van der Waals surface area (Å²) in [5.41, 5.74) is -2.03. The second-order valence-corrected chi connectivity index (χ2v) is 15.4. The van der Waals surface area contributed by atoms with Crippen LogP contribution in [0.2, 0.25) is 0 Å². The molecule has 0 saturated heterocycles. The smallest absolute Gasteiger partial charge is 0.268 e. The summed E-state index contributed by atoms with van der Waals surface area (Å²) in [6.45, 7) is 0. The van der Waals surface area contributed by atoms with Crippen LogP contribution in [0.5, 0.6) is 0 Å². The molecule has 0 bridgehead atoms. The Labute approximate surface area is 214 Å². The third kappa shape index (κ3) is 6.94. The number of sulfone groups is 1. The summed E-state index contributed by atoms with van der Waals surface area (Å²) in [6, 6.07) is 1.58. The molecular formula is C23H31F3N2O5S3. The van der Waals surface area contributed by atoms with E-state index in [1.165, 1.54) is 6.26 Å². The molecule has 3 fully saturated rings. The zero-order valence-electron chi connectivity index (χ0n) is 20.0. The molecule has 0 aliphatic heterocycles. The number of nitrogens with zero attached hydrogens (tertiary/aromatic N) is 1. The Morgan fingerprint density at radius 1 is 1.06 bits per heavy atom. The van der Waals surface area contributed by atoms with Gasteiger partial charge in [-0.1, -0.05) is 12.8 Å². The number of aromatic nitrogens is 1. The summed E-state index contributed by atoms with van der Waals surface area (Å²) in [5, 5.41) is -0.670. The summed E-state index contributed by atoms with van der Waals surface area (Å²) < 4.78 is 92.7. The van der Waals surface area contributed by atoms with Gasteiger partial charge in [0.2, 0.25) is 10.0 Å². The third-order valence-corrected chi connectivity index (χ3v) is 12.0. The van der Waals surface area contributed by atoms with Gasteiger partial charge in [-0.05, 0) is 80.6 Å². The zero-order chi connectivity index (χ0) is 26.4. The number of nitrogens with one attached hydrogen (secondary N) is 1. The van der Waals surface area contributed by atoms with E-state index in [0.29, 0.717) is 44.1 Å². The third-order valence-electron chi connectivity index (χ3n) is 7.42. The predicted molar refractivity (Wildman–Crippen MR) is 131 cm³/mol.